The third-order valence-electron chi connectivity index (χ3n) is 3.24. The van der Waals surface area contributed by atoms with E-state index < -0.39 is 0 Å². The first kappa shape index (κ1) is 11.7. The molecular formula is C15H13NO3. The number of anilines is 1. The average Bonchev–Trinajstić information content (AvgIpc) is 2.86. The van der Waals surface area contributed by atoms with Crippen LogP contribution < -0.4 is 5.32 Å². The Bertz CT molecular complexity index is 643. The molecule has 4 heteroatoms. The number of nitrogens with one attached hydrogen (secondary N) is 1. The van der Waals surface area contributed by atoms with Gasteiger partial charge in [0.05, 0.1) is 0 Å². The van der Waals surface area contributed by atoms with Crippen LogP contribution in [0.15, 0.2) is 34.7 Å². The van der Waals surface area contributed by atoms with E-state index in [1.165, 1.54) is 0 Å². The van der Waals surface area contributed by atoms with Crippen molar-refractivity contribution in [3.63, 3.8) is 0 Å². The molecule has 0 saturated heterocycles. The van der Waals surface area contributed by atoms with Crippen LogP contribution in [0.4, 0.5) is 5.69 Å². The molecule has 2 aromatic rings. The van der Waals surface area contributed by atoms with E-state index in [4.69, 9.17) is 4.42 Å². The first-order valence-corrected chi connectivity index (χ1v) is 6.20. The number of fused-ring (bicyclic) bond motifs is 1. The monoisotopic (exact) mass is 255 g/mol. The summed E-state index contributed by atoms with van der Waals surface area (Å²) in [5.74, 6) is 1.18. The molecule has 0 spiro atoms. The maximum atomic E-state index is 11.3. The summed E-state index contributed by atoms with van der Waals surface area (Å²) >= 11 is 0. The average molecular weight is 255 g/mol. The number of furan rings is 1. The quantitative estimate of drug-likeness (QED) is 0.857. The number of rotatable bonds is 3. The maximum Gasteiger partial charge on any atom is 0.224 e. The zero-order chi connectivity index (χ0) is 13.2. The van der Waals surface area contributed by atoms with Gasteiger partial charge in [0.15, 0.2) is 12.0 Å². The standard InChI is InChI=1S/C15H13NO3/c17-9-13-4-3-12(19-13)8-10-1-5-14-11(7-10)2-6-15(18)16-14/h1,3-5,7,9H,2,6,8H2,(H,16,18). The summed E-state index contributed by atoms with van der Waals surface area (Å²) in [5, 5.41) is 2.86. The molecular weight excluding hydrogens is 242 g/mol. The van der Waals surface area contributed by atoms with Crippen LogP contribution in [0, 0.1) is 0 Å². The zero-order valence-corrected chi connectivity index (χ0v) is 10.3. The van der Waals surface area contributed by atoms with Crippen LogP contribution in [0.25, 0.3) is 0 Å². The molecule has 0 atom stereocenters. The van der Waals surface area contributed by atoms with E-state index in [9.17, 15) is 9.59 Å². The Morgan fingerprint density at radius 1 is 1.21 bits per heavy atom. The molecule has 0 radical (unpaired) electrons. The Hall–Kier alpha value is -2.36. The molecule has 4 nitrogen and oxygen atoms in total. The zero-order valence-electron chi connectivity index (χ0n) is 10.3. The fourth-order valence-electron chi connectivity index (χ4n) is 2.30. The first-order chi connectivity index (χ1) is 9.24. The van der Waals surface area contributed by atoms with E-state index in [0.29, 0.717) is 24.9 Å². The maximum absolute atomic E-state index is 11.3. The van der Waals surface area contributed by atoms with E-state index in [1.807, 2.05) is 18.2 Å². The van der Waals surface area contributed by atoms with Gasteiger partial charge in [0.1, 0.15) is 5.76 Å². The van der Waals surface area contributed by atoms with Crippen molar-refractivity contribution in [2.75, 3.05) is 5.32 Å². The van der Waals surface area contributed by atoms with Gasteiger partial charge in [0, 0.05) is 18.5 Å². The summed E-state index contributed by atoms with van der Waals surface area (Å²) in [6.07, 6.45) is 2.65. The van der Waals surface area contributed by atoms with Crippen molar-refractivity contribution in [1.29, 1.82) is 0 Å². The minimum absolute atomic E-state index is 0.0712. The topological polar surface area (TPSA) is 59.3 Å². The highest BCUT2D eigenvalue weighted by Crippen LogP contribution is 2.24. The Morgan fingerprint density at radius 2 is 2.11 bits per heavy atom. The van der Waals surface area contributed by atoms with Gasteiger partial charge in [-0.3, -0.25) is 9.59 Å². The second kappa shape index (κ2) is 4.72. The second-order valence-electron chi connectivity index (χ2n) is 4.64. The molecule has 0 aliphatic carbocycles. The fourth-order valence-corrected chi connectivity index (χ4v) is 2.30. The number of aryl methyl sites for hydroxylation is 1. The van der Waals surface area contributed by atoms with Gasteiger partial charge in [0.25, 0.3) is 0 Å². The Labute approximate surface area is 110 Å². The minimum Gasteiger partial charge on any atom is -0.458 e. The summed E-state index contributed by atoms with van der Waals surface area (Å²) in [6, 6.07) is 9.45. The van der Waals surface area contributed by atoms with Crippen molar-refractivity contribution in [2.24, 2.45) is 0 Å². The van der Waals surface area contributed by atoms with Gasteiger partial charge in [-0.25, -0.2) is 0 Å². The van der Waals surface area contributed by atoms with Crippen LogP contribution in [-0.2, 0) is 17.6 Å². The Balaban J connectivity index is 1.82. The summed E-state index contributed by atoms with van der Waals surface area (Å²) < 4.78 is 5.36. The number of amides is 1. The van der Waals surface area contributed by atoms with E-state index in [1.54, 1.807) is 6.07 Å². The lowest BCUT2D eigenvalue weighted by molar-refractivity contribution is -0.116. The number of hydrogen-bond acceptors (Lipinski definition) is 3. The number of aldehydes is 1. The molecule has 0 bridgehead atoms. The van der Waals surface area contributed by atoms with Crippen LogP contribution >= 0.6 is 0 Å². The summed E-state index contributed by atoms with van der Waals surface area (Å²) in [4.78, 5) is 21.8. The lowest BCUT2D eigenvalue weighted by Gasteiger charge is -2.17. The smallest absolute Gasteiger partial charge is 0.224 e. The normalized spacial score (nSPS) is 13.8. The second-order valence-corrected chi connectivity index (χ2v) is 4.64. The molecule has 1 aliphatic heterocycles. The highest BCUT2D eigenvalue weighted by Gasteiger charge is 2.15. The predicted molar refractivity (Wildman–Crippen MR) is 70.3 cm³/mol. The molecule has 96 valence electrons. The van der Waals surface area contributed by atoms with E-state index >= 15 is 0 Å². The van der Waals surface area contributed by atoms with E-state index in [2.05, 4.69) is 11.4 Å². The summed E-state index contributed by atoms with van der Waals surface area (Å²) in [6.45, 7) is 0. The van der Waals surface area contributed by atoms with Crippen LogP contribution in [0.5, 0.6) is 0 Å². The van der Waals surface area contributed by atoms with Gasteiger partial charge in [-0.2, -0.15) is 0 Å². The molecule has 19 heavy (non-hydrogen) atoms. The van der Waals surface area contributed by atoms with Gasteiger partial charge in [-0.05, 0) is 35.7 Å². The fraction of sp³-hybridized carbons (Fsp3) is 0.200. The SMILES string of the molecule is O=Cc1ccc(Cc2ccc3c(c2)CCC(=O)N3)o1. The highest BCUT2D eigenvalue weighted by atomic mass is 16.3. The number of hydrogen-bond donors (Lipinski definition) is 1. The summed E-state index contributed by atoms with van der Waals surface area (Å²) in [7, 11) is 0. The molecule has 1 aliphatic rings. The third-order valence-corrected chi connectivity index (χ3v) is 3.24. The minimum atomic E-state index is 0.0712. The molecule has 3 rings (SSSR count). The molecule has 0 fully saturated rings. The molecule has 2 heterocycles. The van der Waals surface area contributed by atoms with Crippen LogP contribution in [-0.4, -0.2) is 12.2 Å². The Morgan fingerprint density at radius 3 is 2.89 bits per heavy atom. The van der Waals surface area contributed by atoms with E-state index in [0.717, 1.165) is 29.0 Å². The van der Waals surface area contributed by atoms with Gasteiger partial charge >= 0.3 is 0 Å². The Kier molecular flexibility index (Phi) is 2.91. The van der Waals surface area contributed by atoms with Crippen molar-refractivity contribution < 1.29 is 14.0 Å². The highest BCUT2D eigenvalue weighted by molar-refractivity contribution is 5.93. The van der Waals surface area contributed by atoms with Crippen LogP contribution in [0.2, 0.25) is 0 Å². The molecule has 1 aromatic heterocycles. The summed E-state index contributed by atoms with van der Waals surface area (Å²) in [5.41, 5.74) is 3.16. The molecule has 1 amide bonds. The van der Waals surface area contributed by atoms with Gasteiger partial charge in [-0.1, -0.05) is 12.1 Å². The van der Waals surface area contributed by atoms with Crippen molar-refractivity contribution in [1.82, 2.24) is 0 Å². The van der Waals surface area contributed by atoms with Gasteiger partial charge in [-0.15, -0.1) is 0 Å². The molecule has 1 aromatic carbocycles. The third kappa shape index (κ3) is 2.42. The molecule has 1 N–H and O–H groups in total. The molecule has 0 saturated carbocycles. The van der Waals surface area contributed by atoms with Crippen molar-refractivity contribution in [2.45, 2.75) is 19.3 Å². The number of carbonyl (C=O) groups excluding carboxylic acids is 2. The van der Waals surface area contributed by atoms with Crippen molar-refractivity contribution in [3.05, 3.63) is 53.0 Å². The lowest BCUT2D eigenvalue weighted by atomic mass is 9.99. The van der Waals surface area contributed by atoms with Gasteiger partial charge in [0.2, 0.25) is 5.91 Å². The lowest BCUT2D eigenvalue weighted by Crippen LogP contribution is -2.18. The molecule has 0 unspecified atom stereocenters. The first-order valence-electron chi connectivity index (χ1n) is 6.20. The van der Waals surface area contributed by atoms with Crippen LogP contribution in [0.3, 0.4) is 0 Å². The number of benzene rings is 1. The van der Waals surface area contributed by atoms with Crippen molar-refractivity contribution >= 4 is 17.9 Å². The van der Waals surface area contributed by atoms with E-state index in [-0.39, 0.29) is 5.91 Å². The predicted octanol–water partition coefficient (Wildman–Crippen LogP) is 2.57. The largest absolute Gasteiger partial charge is 0.458 e. The van der Waals surface area contributed by atoms with Crippen molar-refractivity contribution in [3.8, 4) is 0 Å². The number of carbonyl (C=O) groups is 2. The van der Waals surface area contributed by atoms with Gasteiger partial charge < -0.3 is 9.73 Å². The van der Waals surface area contributed by atoms with Crippen LogP contribution in [0.1, 0.15) is 33.9 Å².